The number of aromatic nitrogens is 2. The molecule has 0 aliphatic heterocycles. The molecule has 15 heavy (non-hydrogen) atoms. The molecule has 0 atom stereocenters. The summed E-state index contributed by atoms with van der Waals surface area (Å²) in [6, 6.07) is 10.1. The number of hydrogen-bond donors (Lipinski definition) is 1. The van der Waals surface area contributed by atoms with Crippen LogP contribution in [0.2, 0.25) is 0 Å². The Balaban J connectivity index is 2.06. The quantitative estimate of drug-likeness (QED) is 0.754. The van der Waals surface area contributed by atoms with E-state index in [1.54, 1.807) is 11.6 Å². The van der Waals surface area contributed by atoms with Crippen LogP contribution in [-0.4, -0.2) is 5.27 Å². The molecular weight excluding hydrogens is 192 g/mol. The molecule has 0 saturated carbocycles. The average Bonchev–Trinajstić information content (AvgIpc) is 2.59. The van der Waals surface area contributed by atoms with Gasteiger partial charge in [0.15, 0.2) is 6.54 Å². The van der Waals surface area contributed by atoms with Gasteiger partial charge in [-0.3, -0.25) is 4.52 Å². The van der Waals surface area contributed by atoms with Crippen molar-refractivity contribution >= 4 is 0 Å². The summed E-state index contributed by atoms with van der Waals surface area (Å²) < 4.78 is 6.38. The fourth-order valence-electron chi connectivity index (χ4n) is 1.45. The molecule has 0 unspecified atom stereocenters. The fourth-order valence-corrected chi connectivity index (χ4v) is 1.45. The van der Waals surface area contributed by atoms with Gasteiger partial charge in [-0.05, 0) is 10.8 Å². The first-order valence-electron chi connectivity index (χ1n) is 4.89. The summed E-state index contributed by atoms with van der Waals surface area (Å²) in [5, 5.41) is 2.57. The SMILES string of the molecule is Cc1c(=O)o[nH][n+]1CCc1ccccc1. The van der Waals surface area contributed by atoms with Gasteiger partial charge in [-0.25, -0.2) is 4.79 Å². The Labute approximate surface area is 87.1 Å². The molecule has 0 bridgehead atoms. The first-order valence-corrected chi connectivity index (χ1v) is 4.89. The van der Waals surface area contributed by atoms with Gasteiger partial charge < -0.3 is 0 Å². The smallest absolute Gasteiger partial charge is 0.283 e. The van der Waals surface area contributed by atoms with Crippen LogP contribution in [0.1, 0.15) is 11.3 Å². The highest BCUT2D eigenvalue weighted by molar-refractivity contribution is 5.14. The summed E-state index contributed by atoms with van der Waals surface area (Å²) in [4.78, 5) is 11.0. The van der Waals surface area contributed by atoms with Crippen LogP contribution >= 0.6 is 0 Å². The standard InChI is InChI=1S/C11H12N2O2/c1-9-11(14)15-12-13(9)8-7-10-5-3-2-4-6-10/h2-6H,7-8H2,1H3/p+1. The third kappa shape index (κ3) is 2.15. The zero-order chi connectivity index (χ0) is 10.7. The normalized spacial score (nSPS) is 10.5. The van der Waals surface area contributed by atoms with Crippen LogP contribution in [0.25, 0.3) is 0 Å². The second-order valence-corrected chi connectivity index (χ2v) is 3.45. The number of rotatable bonds is 3. The molecule has 0 aliphatic rings. The van der Waals surface area contributed by atoms with Gasteiger partial charge in [0.25, 0.3) is 5.69 Å². The highest BCUT2D eigenvalue weighted by atomic mass is 16.5. The van der Waals surface area contributed by atoms with Crippen molar-refractivity contribution in [3.63, 3.8) is 0 Å². The van der Waals surface area contributed by atoms with E-state index in [4.69, 9.17) is 0 Å². The van der Waals surface area contributed by atoms with Crippen molar-refractivity contribution < 1.29 is 9.20 Å². The molecule has 0 spiro atoms. The highest BCUT2D eigenvalue weighted by Gasteiger charge is 2.14. The second-order valence-electron chi connectivity index (χ2n) is 3.45. The minimum absolute atomic E-state index is 0.303. The Morgan fingerprint density at radius 3 is 2.67 bits per heavy atom. The number of H-pyrrole nitrogens is 1. The van der Waals surface area contributed by atoms with Crippen molar-refractivity contribution in [3.05, 3.63) is 52.0 Å². The lowest BCUT2D eigenvalue weighted by Gasteiger charge is -1.95. The van der Waals surface area contributed by atoms with Crippen molar-refractivity contribution in [2.24, 2.45) is 0 Å². The van der Waals surface area contributed by atoms with E-state index in [1.165, 1.54) is 5.56 Å². The Bertz CT molecular complexity index is 485. The lowest BCUT2D eigenvalue weighted by atomic mass is 10.1. The molecule has 2 rings (SSSR count). The molecule has 0 fully saturated rings. The van der Waals surface area contributed by atoms with E-state index in [-0.39, 0.29) is 5.63 Å². The van der Waals surface area contributed by atoms with E-state index < -0.39 is 0 Å². The number of nitrogens with one attached hydrogen (secondary N) is 1. The van der Waals surface area contributed by atoms with Gasteiger partial charge in [-0.2, -0.15) is 0 Å². The molecule has 1 heterocycles. The maximum absolute atomic E-state index is 11.0. The highest BCUT2D eigenvalue weighted by Crippen LogP contribution is 1.98. The molecular formula is C11H13N2O2+. The molecule has 2 aromatic rings. The molecule has 4 heteroatoms. The van der Waals surface area contributed by atoms with E-state index >= 15 is 0 Å². The van der Waals surface area contributed by atoms with E-state index in [0.29, 0.717) is 5.69 Å². The average molecular weight is 205 g/mol. The number of nitrogens with zero attached hydrogens (tertiary/aromatic N) is 1. The minimum atomic E-state index is -0.303. The molecule has 0 radical (unpaired) electrons. The summed E-state index contributed by atoms with van der Waals surface area (Å²) in [7, 11) is 0. The number of hydrogen-bond acceptors (Lipinski definition) is 2. The van der Waals surface area contributed by atoms with E-state index in [0.717, 1.165) is 13.0 Å². The molecule has 1 aromatic carbocycles. The zero-order valence-corrected chi connectivity index (χ0v) is 8.56. The second kappa shape index (κ2) is 4.13. The summed E-state index contributed by atoms with van der Waals surface area (Å²) in [6.45, 7) is 2.47. The maximum Gasteiger partial charge on any atom is 0.429 e. The molecule has 4 nitrogen and oxygen atoms in total. The lowest BCUT2D eigenvalue weighted by molar-refractivity contribution is -0.766. The number of aromatic amines is 1. The number of aryl methyl sites for hydroxylation is 2. The van der Waals surface area contributed by atoms with E-state index in [9.17, 15) is 4.79 Å². The van der Waals surface area contributed by atoms with Crippen LogP contribution in [0.5, 0.6) is 0 Å². The van der Waals surface area contributed by atoms with Crippen molar-refractivity contribution in [1.29, 1.82) is 0 Å². The zero-order valence-electron chi connectivity index (χ0n) is 8.56. The summed E-state index contributed by atoms with van der Waals surface area (Å²) in [6.07, 6.45) is 0.877. The molecule has 1 aromatic heterocycles. The van der Waals surface area contributed by atoms with Crippen molar-refractivity contribution in [3.8, 4) is 0 Å². The maximum atomic E-state index is 11.0. The Morgan fingerprint density at radius 1 is 1.33 bits per heavy atom. The van der Waals surface area contributed by atoms with Crippen LogP contribution in [0.15, 0.2) is 39.6 Å². The summed E-state index contributed by atoms with van der Waals surface area (Å²) in [5.41, 5.74) is 1.54. The predicted molar refractivity (Wildman–Crippen MR) is 54.4 cm³/mol. The largest absolute Gasteiger partial charge is 0.429 e. The van der Waals surface area contributed by atoms with Gasteiger partial charge in [-0.1, -0.05) is 35.0 Å². The van der Waals surface area contributed by atoms with Crippen molar-refractivity contribution in [1.82, 2.24) is 5.27 Å². The predicted octanol–water partition coefficient (Wildman–Crippen LogP) is 0.807. The first kappa shape index (κ1) is 9.71. The van der Waals surface area contributed by atoms with Crippen LogP contribution in [0, 0.1) is 6.92 Å². The topological polar surface area (TPSA) is 49.9 Å². The van der Waals surface area contributed by atoms with Gasteiger partial charge in [0, 0.05) is 13.3 Å². The molecule has 0 aliphatic carbocycles. The monoisotopic (exact) mass is 205 g/mol. The Hall–Kier alpha value is -1.84. The van der Waals surface area contributed by atoms with Gasteiger partial charge in [0.05, 0.1) is 0 Å². The van der Waals surface area contributed by atoms with Crippen LogP contribution in [-0.2, 0) is 13.0 Å². The van der Waals surface area contributed by atoms with Crippen molar-refractivity contribution in [2.45, 2.75) is 19.9 Å². The summed E-state index contributed by atoms with van der Waals surface area (Å²) in [5.74, 6) is 0. The van der Waals surface area contributed by atoms with Gasteiger partial charge in [0.2, 0.25) is 0 Å². The van der Waals surface area contributed by atoms with Gasteiger partial charge in [0.1, 0.15) is 0 Å². The third-order valence-corrected chi connectivity index (χ3v) is 2.42. The molecule has 0 amide bonds. The number of benzene rings is 1. The molecule has 1 N–H and O–H groups in total. The Morgan fingerprint density at radius 2 is 2.07 bits per heavy atom. The lowest BCUT2D eigenvalue weighted by Crippen LogP contribution is -2.40. The molecule has 0 saturated heterocycles. The Kier molecular flexibility index (Phi) is 2.67. The molecule has 78 valence electrons. The van der Waals surface area contributed by atoms with Crippen LogP contribution < -0.4 is 10.3 Å². The first-order chi connectivity index (χ1) is 7.27. The third-order valence-electron chi connectivity index (χ3n) is 2.42. The van der Waals surface area contributed by atoms with E-state index in [2.05, 4.69) is 21.9 Å². The van der Waals surface area contributed by atoms with Gasteiger partial charge in [-0.15, -0.1) is 0 Å². The van der Waals surface area contributed by atoms with Crippen LogP contribution in [0.4, 0.5) is 0 Å². The van der Waals surface area contributed by atoms with Crippen molar-refractivity contribution in [2.75, 3.05) is 0 Å². The minimum Gasteiger partial charge on any atom is -0.283 e. The summed E-state index contributed by atoms with van der Waals surface area (Å²) >= 11 is 0. The van der Waals surface area contributed by atoms with E-state index in [1.807, 2.05) is 18.2 Å². The van der Waals surface area contributed by atoms with Gasteiger partial charge >= 0.3 is 5.63 Å². The fraction of sp³-hybridized carbons (Fsp3) is 0.273. The van der Waals surface area contributed by atoms with Crippen LogP contribution in [0.3, 0.4) is 0 Å².